The van der Waals surface area contributed by atoms with Crippen molar-refractivity contribution in [1.29, 1.82) is 0 Å². The van der Waals surface area contributed by atoms with E-state index in [0.717, 1.165) is 35.2 Å². The Morgan fingerprint density at radius 2 is 2.00 bits per heavy atom. The van der Waals surface area contributed by atoms with Crippen LogP contribution in [0.25, 0.3) is 17.3 Å². The number of nitrogens with zero attached hydrogens (tertiary/aromatic N) is 1. The summed E-state index contributed by atoms with van der Waals surface area (Å²) < 4.78 is 0. The zero-order valence-electron chi connectivity index (χ0n) is 15.8. The first-order valence-corrected chi connectivity index (χ1v) is 10.0. The molecule has 3 aromatic rings. The molecule has 4 nitrogen and oxygen atoms in total. The minimum Gasteiger partial charge on any atom is -0.399 e. The molecule has 0 radical (unpaired) electrons. The number of aromatic nitrogens is 1. The average molecular weight is 424 g/mol. The van der Waals surface area contributed by atoms with Crippen molar-refractivity contribution in [3.05, 3.63) is 81.0 Å². The molecule has 29 heavy (non-hydrogen) atoms. The van der Waals surface area contributed by atoms with Crippen LogP contribution in [0.1, 0.15) is 33.5 Å². The predicted molar refractivity (Wildman–Crippen MR) is 121 cm³/mol. The van der Waals surface area contributed by atoms with Gasteiger partial charge in [-0.1, -0.05) is 35.4 Å². The van der Waals surface area contributed by atoms with Gasteiger partial charge in [0.05, 0.1) is 21.3 Å². The van der Waals surface area contributed by atoms with Crippen molar-refractivity contribution in [3.8, 4) is 11.3 Å². The SMILES string of the molecule is Cc1cc(NC(=O)c2ccc(N)cc2Cl)cc(-c2nccc3c2C=CCC3)c1Cl. The molecular weight excluding hydrogens is 405 g/mol. The highest BCUT2D eigenvalue weighted by atomic mass is 35.5. The number of rotatable bonds is 3. The van der Waals surface area contributed by atoms with Gasteiger partial charge >= 0.3 is 0 Å². The van der Waals surface area contributed by atoms with Crippen LogP contribution < -0.4 is 11.1 Å². The van der Waals surface area contributed by atoms with Crippen molar-refractivity contribution in [1.82, 2.24) is 4.98 Å². The van der Waals surface area contributed by atoms with Crippen LogP contribution in [0.2, 0.25) is 10.0 Å². The second-order valence-electron chi connectivity index (χ2n) is 7.02. The zero-order valence-corrected chi connectivity index (χ0v) is 17.3. The highest BCUT2D eigenvalue weighted by molar-refractivity contribution is 6.35. The van der Waals surface area contributed by atoms with E-state index in [1.54, 1.807) is 24.4 Å². The Morgan fingerprint density at radius 1 is 1.17 bits per heavy atom. The zero-order chi connectivity index (χ0) is 20.5. The quantitative estimate of drug-likeness (QED) is 0.495. The number of allylic oxidation sites excluding steroid dienone is 1. The maximum absolute atomic E-state index is 12.7. The van der Waals surface area contributed by atoms with E-state index in [0.29, 0.717) is 27.0 Å². The normalized spacial score (nSPS) is 12.5. The summed E-state index contributed by atoms with van der Waals surface area (Å²) in [6, 6.07) is 10.5. The second kappa shape index (κ2) is 7.90. The first-order valence-electron chi connectivity index (χ1n) is 9.25. The Hall–Kier alpha value is -2.82. The van der Waals surface area contributed by atoms with Crippen molar-refractivity contribution >= 4 is 46.6 Å². The Kier molecular flexibility index (Phi) is 5.31. The van der Waals surface area contributed by atoms with E-state index in [1.807, 2.05) is 25.1 Å². The smallest absolute Gasteiger partial charge is 0.257 e. The van der Waals surface area contributed by atoms with Crippen molar-refractivity contribution in [3.63, 3.8) is 0 Å². The van der Waals surface area contributed by atoms with Gasteiger partial charge in [0.2, 0.25) is 0 Å². The number of benzene rings is 2. The number of hydrogen-bond acceptors (Lipinski definition) is 3. The molecule has 1 aromatic heterocycles. The lowest BCUT2D eigenvalue weighted by atomic mass is 9.93. The lowest BCUT2D eigenvalue weighted by molar-refractivity contribution is 0.102. The molecule has 3 N–H and O–H groups in total. The van der Waals surface area contributed by atoms with Gasteiger partial charge in [-0.05, 0) is 67.3 Å². The molecule has 0 fully saturated rings. The molecule has 4 rings (SSSR count). The van der Waals surface area contributed by atoms with Crippen LogP contribution in [0.15, 0.2) is 48.7 Å². The van der Waals surface area contributed by atoms with Crippen LogP contribution in [0.5, 0.6) is 0 Å². The fraction of sp³-hybridized carbons (Fsp3) is 0.130. The fourth-order valence-corrected chi connectivity index (χ4v) is 3.97. The van der Waals surface area contributed by atoms with Crippen LogP contribution in [-0.4, -0.2) is 10.9 Å². The summed E-state index contributed by atoms with van der Waals surface area (Å²) in [6.45, 7) is 1.91. The lowest BCUT2D eigenvalue weighted by Gasteiger charge is -2.17. The third-order valence-electron chi connectivity index (χ3n) is 4.95. The lowest BCUT2D eigenvalue weighted by Crippen LogP contribution is -2.13. The third-order valence-corrected chi connectivity index (χ3v) is 5.76. The number of fused-ring (bicyclic) bond motifs is 1. The van der Waals surface area contributed by atoms with E-state index in [1.165, 1.54) is 5.56 Å². The Labute approximate surface area is 179 Å². The number of halogens is 2. The third kappa shape index (κ3) is 3.86. The molecule has 146 valence electrons. The molecule has 1 aliphatic rings. The second-order valence-corrected chi connectivity index (χ2v) is 7.81. The molecule has 6 heteroatoms. The van der Waals surface area contributed by atoms with Crippen molar-refractivity contribution < 1.29 is 4.79 Å². The van der Waals surface area contributed by atoms with E-state index < -0.39 is 0 Å². The van der Waals surface area contributed by atoms with Crippen molar-refractivity contribution in [2.24, 2.45) is 0 Å². The molecule has 0 unspecified atom stereocenters. The summed E-state index contributed by atoms with van der Waals surface area (Å²) in [6.07, 6.45) is 8.03. The van der Waals surface area contributed by atoms with E-state index in [4.69, 9.17) is 28.9 Å². The standard InChI is InChI=1S/C23H19Cl2N3O/c1-13-10-16(28-23(29)18-7-6-15(26)11-20(18)24)12-19(21(13)25)22-17-5-3-2-4-14(17)8-9-27-22/h3,5-12H,2,4,26H2,1H3,(H,28,29). The number of hydrogen-bond donors (Lipinski definition) is 2. The van der Waals surface area contributed by atoms with Crippen LogP contribution in [0, 0.1) is 6.92 Å². The minimum absolute atomic E-state index is 0.303. The Morgan fingerprint density at radius 3 is 2.79 bits per heavy atom. The summed E-state index contributed by atoms with van der Waals surface area (Å²) in [4.78, 5) is 17.3. The molecule has 0 atom stereocenters. The maximum atomic E-state index is 12.7. The topological polar surface area (TPSA) is 68.0 Å². The van der Waals surface area contributed by atoms with E-state index >= 15 is 0 Å². The molecule has 1 heterocycles. The summed E-state index contributed by atoms with van der Waals surface area (Å²) >= 11 is 12.8. The number of anilines is 2. The highest BCUT2D eigenvalue weighted by Gasteiger charge is 2.18. The predicted octanol–water partition coefficient (Wildman–Crippen LogP) is 6.16. The van der Waals surface area contributed by atoms with Crippen molar-refractivity contribution in [2.45, 2.75) is 19.8 Å². The van der Waals surface area contributed by atoms with E-state index in [9.17, 15) is 4.79 Å². The summed E-state index contributed by atoms with van der Waals surface area (Å²) in [5, 5.41) is 3.83. The van der Waals surface area contributed by atoms with Crippen LogP contribution in [0.3, 0.4) is 0 Å². The fourth-order valence-electron chi connectivity index (χ4n) is 3.50. The van der Waals surface area contributed by atoms with Gasteiger partial charge in [-0.3, -0.25) is 9.78 Å². The molecule has 2 aromatic carbocycles. The molecule has 1 amide bonds. The van der Waals surface area contributed by atoms with Gasteiger partial charge in [0.1, 0.15) is 0 Å². The number of nitrogen functional groups attached to an aromatic ring is 1. The van der Waals surface area contributed by atoms with Crippen LogP contribution in [0.4, 0.5) is 11.4 Å². The number of pyridine rings is 1. The van der Waals surface area contributed by atoms with Gasteiger partial charge in [0, 0.05) is 28.7 Å². The van der Waals surface area contributed by atoms with Crippen LogP contribution >= 0.6 is 23.2 Å². The number of nitrogens with one attached hydrogen (secondary N) is 1. The Balaban J connectivity index is 1.74. The van der Waals surface area contributed by atoms with Gasteiger partial charge in [-0.2, -0.15) is 0 Å². The first-order chi connectivity index (χ1) is 13.9. The average Bonchev–Trinajstić information content (AvgIpc) is 2.70. The molecule has 0 aliphatic heterocycles. The summed E-state index contributed by atoms with van der Waals surface area (Å²) in [5.74, 6) is -0.314. The summed E-state index contributed by atoms with van der Waals surface area (Å²) in [5.41, 5.74) is 12.0. The van der Waals surface area contributed by atoms with E-state index in [2.05, 4.69) is 22.5 Å². The molecular formula is C23H19Cl2N3O. The van der Waals surface area contributed by atoms with E-state index in [-0.39, 0.29) is 5.91 Å². The summed E-state index contributed by atoms with van der Waals surface area (Å²) in [7, 11) is 0. The highest BCUT2D eigenvalue weighted by Crippen LogP contribution is 2.37. The number of amides is 1. The minimum atomic E-state index is -0.314. The molecule has 0 bridgehead atoms. The maximum Gasteiger partial charge on any atom is 0.257 e. The number of aryl methyl sites for hydroxylation is 2. The van der Waals surface area contributed by atoms with Gasteiger partial charge < -0.3 is 11.1 Å². The van der Waals surface area contributed by atoms with Crippen molar-refractivity contribution in [2.75, 3.05) is 11.1 Å². The largest absolute Gasteiger partial charge is 0.399 e. The number of nitrogens with two attached hydrogens (primary N) is 1. The first kappa shape index (κ1) is 19.5. The Bertz CT molecular complexity index is 1160. The number of carbonyl (C=O) groups is 1. The molecule has 0 saturated heterocycles. The molecule has 0 spiro atoms. The van der Waals surface area contributed by atoms with Gasteiger partial charge in [-0.25, -0.2) is 0 Å². The van der Waals surface area contributed by atoms with Gasteiger partial charge in [0.15, 0.2) is 0 Å². The van der Waals surface area contributed by atoms with Crippen LogP contribution in [-0.2, 0) is 6.42 Å². The van der Waals surface area contributed by atoms with Gasteiger partial charge in [0.25, 0.3) is 5.91 Å². The molecule has 1 aliphatic carbocycles. The monoisotopic (exact) mass is 423 g/mol. The van der Waals surface area contributed by atoms with Gasteiger partial charge in [-0.15, -0.1) is 0 Å². The molecule has 0 saturated carbocycles. The number of carbonyl (C=O) groups excluding carboxylic acids is 1.